The van der Waals surface area contributed by atoms with Crippen molar-refractivity contribution in [3.8, 4) is 5.75 Å². The molecule has 0 atom stereocenters. The Hall–Kier alpha value is -1.24. The lowest BCUT2D eigenvalue weighted by atomic mass is 9.96. The van der Waals surface area contributed by atoms with Gasteiger partial charge in [-0.3, -0.25) is 0 Å². The molecule has 20 heavy (non-hydrogen) atoms. The lowest BCUT2D eigenvalue weighted by Crippen LogP contribution is -1.90. The van der Waals surface area contributed by atoms with Gasteiger partial charge in [-0.05, 0) is 49.5 Å². The summed E-state index contributed by atoms with van der Waals surface area (Å²) < 4.78 is 0. The number of unbranched alkanes of at least 4 members (excludes halogenated alkanes) is 6. The van der Waals surface area contributed by atoms with Gasteiger partial charge in [0.05, 0.1) is 0 Å². The second-order valence-corrected chi connectivity index (χ2v) is 5.95. The van der Waals surface area contributed by atoms with Gasteiger partial charge in [0.2, 0.25) is 0 Å². The minimum absolute atomic E-state index is 0.406. The number of hydrogen-bond acceptors (Lipinski definition) is 1. The van der Waals surface area contributed by atoms with E-state index in [-0.39, 0.29) is 0 Å². The topological polar surface area (TPSA) is 20.2 Å². The predicted octanol–water partition coefficient (Wildman–Crippen LogP) is 6.16. The van der Waals surface area contributed by atoms with E-state index in [2.05, 4.69) is 20.4 Å². The van der Waals surface area contributed by atoms with Crippen molar-refractivity contribution in [2.75, 3.05) is 0 Å². The lowest BCUT2D eigenvalue weighted by molar-refractivity contribution is 0.469. The average molecular weight is 274 g/mol. The highest BCUT2D eigenvalue weighted by molar-refractivity contribution is 5.70. The van der Waals surface area contributed by atoms with Crippen LogP contribution in [-0.4, -0.2) is 5.11 Å². The van der Waals surface area contributed by atoms with Crippen molar-refractivity contribution in [1.82, 2.24) is 0 Å². The molecule has 0 unspecified atom stereocenters. The summed E-state index contributed by atoms with van der Waals surface area (Å²) in [6.07, 6.45) is 10.2. The molecule has 0 saturated heterocycles. The maximum absolute atomic E-state index is 10.1. The molecule has 0 saturated carbocycles. The molecular formula is C19H30O. The molecule has 0 spiro atoms. The third-order valence-corrected chi connectivity index (χ3v) is 3.91. The highest BCUT2D eigenvalue weighted by Crippen LogP contribution is 2.31. The largest absolute Gasteiger partial charge is 0.507 e. The van der Waals surface area contributed by atoms with Crippen LogP contribution in [0.2, 0.25) is 0 Å². The van der Waals surface area contributed by atoms with Crippen LogP contribution in [0.5, 0.6) is 5.75 Å². The highest BCUT2D eigenvalue weighted by Gasteiger charge is 2.08. The van der Waals surface area contributed by atoms with Gasteiger partial charge in [0, 0.05) is 5.56 Å². The minimum atomic E-state index is 0.406. The maximum atomic E-state index is 10.1. The van der Waals surface area contributed by atoms with E-state index >= 15 is 0 Å². The van der Waals surface area contributed by atoms with Gasteiger partial charge < -0.3 is 5.11 Å². The molecule has 1 N–H and O–H groups in total. The standard InChI is InChI=1S/C19H30O/c1-5-6-7-8-9-10-11-12-16(3)18-14-15(2)13-17(4)19(18)20/h13-14,20H,3,5-12H2,1-2,4H3. The predicted molar refractivity (Wildman–Crippen MR) is 89.2 cm³/mol. The van der Waals surface area contributed by atoms with Crippen LogP contribution in [-0.2, 0) is 0 Å². The van der Waals surface area contributed by atoms with Gasteiger partial charge in [0.1, 0.15) is 5.75 Å². The monoisotopic (exact) mass is 274 g/mol. The Balaban J connectivity index is 2.36. The SMILES string of the molecule is C=C(CCCCCCCCC)c1cc(C)cc(C)c1O. The molecule has 0 radical (unpaired) electrons. The van der Waals surface area contributed by atoms with Crippen LogP contribution in [0.25, 0.3) is 5.57 Å². The van der Waals surface area contributed by atoms with Crippen LogP contribution in [0.15, 0.2) is 18.7 Å². The summed E-state index contributed by atoms with van der Waals surface area (Å²) in [5, 5.41) is 10.1. The van der Waals surface area contributed by atoms with Crippen molar-refractivity contribution >= 4 is 5.57 Å². The first-order chi connectivity index (χ1) is 9.56. The van der Waals surface area contributed by atoms with E-state index in [1.807, 2.05) is 19.1 Å². The fourth-order valence-corrected chi connectivity index (χ4v) is 2.66. The molecule has 0 aliphatic heterocycles. The van der Waals surface area contributed by atoms with Crippen LogP contribution in [0.4, 0.5) is 0 Å². The van der Waals surface area contributed by atoms with Gasteiger partial charge in [0.15, 0.2) is 0 Å². The van der Waals surface area contributed by atoms with E-state index in [0.29, 0.717) is 5.75 Å². The summed E-state index contributed by atoms with van der Waals surface area (Å²) in [7, 11) is 0. The van der Waals surface area contributed by atoms with Crippen molar-refractivity contribution in [3.05, 3.63) is 35.4 Å². The van der Waals surface area contributed by atoms with Crippen LogP contribution < -0.4 is 0 Å². The molecule has 112 valence electrons. The van der Waals surface area contributed by atoms with Crippen molar-refractivity contribution in [2.45, 2.75) is 72.1 Å². The maximum Gasteiger partial charge on any atom is 0.125 e. The first kappa shape index (κ1) is 16.8. The molecule has 0 amide bonds. The van der Waals surface area contributed by atoms with Crippen LogP contribution in [0, 0.1) is 13.8 Å². The smallest absolute Gasteiger partial charge is 0.125 e. The van der Waals surface area contributed by atoms with Crippen LogP contribution in [0.3, 0.4) is 0 Å². The number of aryl methyl sites for hydroxylation is 2. The Bertz CT molecular complexity index is 432. The number of phenolic OH excluding ortho intramolecular Hbond substituents is 1. The number of hydrogen-bond donors (Lipinski definition) is 1. The van der Waals surface area contributed by atoms with Gasteiger partial charge in [-0.2, -0.15) is 0 Å². The molecule has 0 aliphatic carbocycles. The second-order valence-electron chi connectivity index (χ2n) is 5.95. The molecule has 1 heteroatoms. The Morgan fingerprint density at radius 2 is 1.60 bits per heavy atom. The molecule has 1 rings (SSSR count). The lowest BCUT2D eigenvalue weighted by Gasteiger charge is -2.11. The summed E-state index contributed by atoms with van der Waals surface area (Å²) in [4.78, 5) is 0. The van der Waals surface area contributed by atoms with E-state index < -0.39 is 0 Å². The Morgan fingerprint density at radius 1 is 1.00 bits per heavy atom. The summed E-state index contributed by atoms with van der Waals surface area (Å²) in [6, 6.07) is 4.06. The summed E-state index contributed by atoms with van der Waals surface area (Å²) in [5.41, 5.74) is 4.15. The molecule has 0 bridgehead atoms. The molecule has 0 fully saturated rings. The second kappa shape index (κ2) is 8.84. The van der Waals surface area contributed by atoms with E-state index in [0.717, 1.165) is 23.1 Å². The summed E-state index contributed by atoms with van der Waals surface area (Å²) in [5.74, 6) is 0.406. The molecular weight excluding hydrogens is 244 g/mol. The highest BCUT2D eigenvalue weighted by atomic mass is 16.3. The summed E-state index contributed by atoms with van der Waals surface area (Å²) >= 11 is 0. The first-order valence-corrected chi connectivity index (χ1v) is 8.04. The zero-order valence-electron chi connectivity index (χ0n) is 13.5. The Kier molecular flexibility index (Phi) is 7.43. The van der Waals surface area contributed by atoms with Gasteiger partial charge in [-0.1, -0.05) is 58.1 Å². The number of allylic oxidation sites excluding steroid dienone is 1. The van der Waals surface area contributed by atoms with Crippen molar-refractivity contribution in [1.29, 1.82) is 0 Å². The molecule has 1 aromatic rings. The number of phenols is 1. The third-order valence-electron chi connectivity index (χ3n) is 3.91. The third kappa shape index (κ3) is 5.40. The van der Waals surface area contributed by atoms with Gasteiger partial charge in [-0.25, -0.2) is 0 Å². The quantitative estimate of drug-likeness (QED) is 0.534. The van der Waals surface area contributed by atoms with E-state index in [1.165, 1.54) is 50.5 Å². The van der Waals surface area contributed by atoms with Crippen LogP contribution >= 0.6 is 0 Å². The van der Waals surface area contributed by atoms with Gasteiger partial charge in [0.25, 0.3) is 0 Å². The fraction of sp³-hybridized carbons (Fsp3) is 0.579. The minimum Gasteiger partial charge on any atom is -0.507 e. The van der Waals surface area contributed by atoms with Crippen molar-refractivity contribution in [3.63, 3.8) is 0 Å². The number of aromatic hydroxyl groups is 1. The zero-order chi connectivity index (χ0) is 15.0. The molecule has 0 heterocycles. The molecule has 0 aliphatic rings. The normalized spacial score (nSPS) is 10.8. The van der Waals surface area contributed by atoms with E-state index in [4.69, 9.17) is 0 Å². The molecule has 1 aromatic carbocycles. The summed E-state index contributed by atoms with van der Waals surface area (Å²) in [6.45, 7) is 10.4. The van der Waals surface area contributed by atoms with Crippen molar-refractivity contribution < 1.29 is 5.11 Å². The number of rotatable bonds is 9. The molecule has 0 aromatic heterocycles. The zero-order valence-corrected chi connectivity index (χ0v) is 13.5. The fourth-order valence-electron chi connectivity index (χ4n) is 2.66. The van der Waals surface area contributed by atoms with E-state index in [9.17, 15) is 5.11 Å². The van der Waals surface area contributed by atoms with Crippen LogP contribution in [0.1, 0.15) is 75.0 Å². The van der Waals surface area contributed by atoms with Gasteiger partial charge >= 0.3 is 0 Å². The Labute approximate surface area is 124 Å². The van der Waals surface area contributed by atoms with Crippen molar-refractivity contribution in [2.24, 2.45) is 0 Å². The average Bonchev–Trinajstić information content (AvgIpc) is 2.41. The molecule has 1 nitrogen and oxygen atoms in total. The first-order valence-electron chi connectivity index (χ1n) is 8.04. The van der Waals surface area contributed by atoms with Gasteiger partial charge in [-0.15, -0.1) is 0 Å². The number of benzene rings is 1. The van der Waals surface area contributed by atoms with E-state index in [1.54, 1.807) is 0 Å². The Morgan fingerprint density at radius 3 is 2.25 bits per heavy atom.